The molecule has 0 aromatic carbocycles. The standard InChI is InChI=1S/C14H23N/c1-13(2)10-5-6-11(12(13)9-10)14(15)7-3-4-8-14/h6,10,12H,3-5,7-9,15H2,1-2H3. The fourth-order valence-electron chi connectivity index (χ4n) is 4.20. The van der Waals surface area contributed by atoms with Crippen molar-refractivity contribution in [2.75, 3.05) is 0 Å². The van der Waals surface area contributed by atoms with Gasteiger partial charge in [0, 0.05) is 5.54 Å². The molecule has 1 heteroatoms. The molecule has 0 amide bonds. The Hall–Kier alpha value is -0.300. The zero-order valence-electron chi connectivity index (χ0n) is 10.1. The maximum atomic E-state index is 6.60. The monoisotopic (exact) mass is 205 g/mol. The van der Waals surface area contributed by atoms with Gasteiger partial charge in [-0.05, 0) is 42.9 Å². The molecule has 0 aliphatic heterocycles. The molecule has 0 heterocycles. The predicted octanol–water partition coefficient (Wildman–Crippen LogP) is 3.25. The van der Waals surface area contributed by atoms with Crippen molar-refractivity contribution in [3.63, 3.8) is 0 Å². The Morgan fingerprint density at radius 1 is 1.27 bits per heavy atom. The molecular weight excluding hydrogens is 182 g/mol. The largest absolute Gasteiger partial charge is 0.322 e. The zero-order valence-corrected chi connectivity index (χ0v) is 10.1. The molecule has 84 valence electrons. The van der Waals surface area contributed by atoms with Gasteiger partial charge in [-0.25, -0.2) is 0 Å². The van der Waals surface area contributed by atoms with E-state index < -0.39 is 0 Å². The number of fused-ring (bicyclic) bond motifs is 1. The lowest BCUT2D eigenvalue weighted by Gasteiger charge is -2.59. The van der Waals surface area contributed by atoms with Gasteiger partial charge in [-0.15, -0.1) is 0 Å². The molecule has 1 nitrogen and oxygen atoms in total. The van der Waals surface area contributed by atoms with Crippen LogP contribution in [0.2, 0.25) is 0 Å². The third-order valence-corrected chi connectivity index (χ3v) is 5.54. The van der Waals surface area contributed by atoms with Crippen LogP contribution in [-0.2, 0) is 0 Å². The van der Waals surface area contributed by atoms with Crippen molar-refractivity contribution in [1.29, 1.82) is 0 Å². The van der Waals surface area contributed by atoms with Gasteiger partial charge in [0.05, 0.1) is 0 Å². The average molecular weight is 205 g/mol. The van der Waals surface area contributed by atoms with Gasteiger partial charge < -0.3 is 5.73 Å². The summed E-state index contributed by atoms with van der Waals surface area (Å²) in [7, 11) is 0. The lowest BCUT2D eigenvalue weighted by Crippen LogP contribution is -2.55. The molecule has 2 unspecified atom stereocenters. The number of rotatable bonds is 1. The molecule has 4 aliphatic carbocycles. The molecule has 2 fully saturated rings. The van der Waals surface area contributed by atoms with Crippen LogP contribution in [0.5, 0.6) is 0 Å². The first-order valence-electron chi connectivity index (χ1n) is 6.53. The number of nitrogens with two attached hydrogens (primary N) is 1. The first-order valence-corrected chi connectivity index (χ1v) is 6.53. The maximum Gasteiger partial charge on any atom is 0.0371 e. The van der Waals surface area contributed by atoms with Crippen molar-refractivity contribution in [2.24, 2.45) is 23.0 Å². The van der Waals surface area contributed by atoms with E-state index in [4.69, 9.17) is 5.73 Å². The van der Waals surface area contributed by atoms with Crippen molar-refractivity contribution in [1.82, 2.24) is 0 Å². The van der Waals surface area contributed by atoms with Crippen LogP contribution < -0.4 is 5.73 Å². The van der Waals surface area contributed by atoms with E-state index in [0.29, 0.717) is 5.41 Å². The normalized spacial score (nSPS) is 40.9. The minimum absolute atomic E-state index is 0.0906. The Bertz CT molecular complexity index is 307. The molecule has 4 aliphatic rings. The van der Waals surface area contributed by atoms with E-state index in [1.807, 2.05) is 0 Å². The van der Waals surface area contributed by atoms with E-state index in [0.717, 1.165) is 11.8 Å². The van der Waals surface area contributed by atoms with Crippen LogP contribution in [0, 0.1) is 17.3 Å². The summed E-state index contributed by atoms with van der Waals surface area (Å²) in [6, 6.07) is 0. The van der Waals surface area contributed by atoms with Gasteiger partial charge in [0.15, 0.2) is 0 Å². The fourth-order valence-corrected chi connectivity index (χ4v) is 4.20. The Balaban J connectivity index is 1.91. The summed E-state index contributed by atoms with van der Waals surface area (Å²) in [5, 5.41) is 0. The summed E-state index contributed by atoms with van der Waals surface area (Å²) in [5.41, 5.74) is 8.86. The molecule has 0 aromatic heterocycles. The minimum Gasteiger partial charge on any atom is -0.322 e. The van der Waals surface area contributed by atoms with E-state index in [1.54, 1.807) is 5.57 Å². The van der Waals surface area contributed by atoms with Gasteiger partial charge in [0.1, 0.15) is 0 Å². The highest BCUT2D eigenvalue weighted by atomic mass is 14.8. The minimum atomic E-state index is 0.0906. The highest BCUT2D eigenvalue weighted by molar-refractivity contribution is 5.32. The summed E-state index contributed by atoms with van der Waals surface area (Å²) < 4.78 is 0. The Labute approximate surface area is 93.1 Å². The number of hydrogen-bond acceptors (Lipinski definition) is 1. The summed E-state index contributed by atoms with van der Waals surface area (Å²) in [6.45, 7) is 4.88. The summed E-state index contributed by atoms with van der Waals surface area (Å²) >= 11 is 0. The van der Waals surface area contributed by atoms with Crippen LogP contribution in [0.15, 0.2) is 11.6 Å². The molecule has 2 bridgehead atoms. The van der Waals surface area contributed by atoms with Gasteiger partial charge in [-0.3, -0.25) is 0 Å². The highest BCUT2D eigenvalue weighted by Gasteiger charge is 2.54. The van der Waals surface area contributed by atoms with E-state index in [-0.39, 0.29) is 5.54 Å². The average Bonchev–Trinajstić information content (AvgIpc) is 2.66. The molecule has 15 heavy (non-hydrogen) atoms. The number of hydrogen-bond donors (Lipinski definition) is 1. The zero-order chi connectivity index (χ0) is 10.7. The van der Waals surface area contributed by atoms with E-state index in [1.165, 1.54) is 38.5 Å². The van der Waals surface area contributed by atoms with E-state index >= 15 is 0 Å². The van der Waals surface area contributed by atoms with E-state index in [9.17, 15) is 0 Å². The molecule has 2 N–H and O–H groups in total. The topological polar surface area (TPSA) is 26.0 Å². The second-order valence-electron chi connectivity index (χ2n) is 6.56. The van der Waals surface area contributed by atoms with Crippen LogP contribution >= 0.6 is 0 Å². The third kappa shape index (κ3) is 1.19. The molecular formula is C14H23N. The Morgan fingerprint density at radius 3 is 2.47 bits per heavy atom. The highest BCUT2D eigenvalue weighted by Crippen LogP contribution is 2.61. The van der Waals surface area contributed by atoms with Crippen molar-refractivity contribution in [2.45, 2.75) is 57.9 Å². The quantitative estimate of drug-likeness (QED) is 0.653. The number of allylic oxidation sites excluding steroid dienone is 1. The first-order chi connectivity index (χ1) is 7.04. The van der Waals surface area contributed by atoms with Crippen LogP contribution in [-0.4, -0.2) is 5.54 Å². The Kier molecular flexibility index (Phi) is 1.90. The van der Waals surface area contributed by atoms with Crippen molar-refractivity contribution < 1.29 is 0 Å². The van der Waals surface area contributed by atoms with Gasteiger partial charge in [-0.1, -0.05) is 38.3 Å². The van der Waals surface area contributed by atoms with Crippen molar-refractivity contribution in [3.05, 3.63) is 11.6 Å². The fraction of sp³-hybridized carbons (Fsp3) is 0.857. The van der Waals surface area contributed by atoms with Gasteiger partial charge >= 0.3 is 0 Å². The SMILES string of the molecule is CC1(C)C2CC=C(C3(N)CCCC3)C1C2. The van der Waals surface area contributed by atoms with E-state index in [2.05, 4.69) is 19.9 Å². The van der Waals surface area contributed by atoms with Crippen LogP contribution in [0.1, 0.15) is 52.4 Å². The molecule has 2 atom stereocenters. The van der Waals surface area contributed by atoms with Gasteiger partial charge in [0.25, 0.3) is 0 Å². The van der Waals surface area contributed by atoms with Gasteiger partial charge in [-0.2, -0.15) is 0 Å². The van der Waals surface area contributed by atoms with Crippen molar-refractivity contribution in [3.8, 4) is 0 Å². The molecule has 0 spiro atoms. The molecule has 0 aromatic rings. The lowest BCUT2D eigenvalue weighted by molar-refractivity contribution is -0.0148. The molecule has 0 radical (unpaired) electrons. The third-order valence-electron chi connectivity index (χ3n) is 5.54. The second-order valence-corrected chi connectivity index (χ2v) is 6.56. The smallest absolute Gasteiger partial charge is 0.0371 e. The first kappa shape index (κ1) is 9.89. The molecule has 2 saturated carbocycles. The Morgan fingerprint density at radius 2 is 1.93 bits per heavy atom. The predicted molar refractivity (Wildman–Crippen MR) is 63.5 cm³/mol. The van der Waals surface area contributed by atoms with Crippen molar-refractivity contribution >= 4 is 0 Å². The molecule has 4 rings (SSSR count). The molecule has 0 saturated heterocycles. The summed E-state index contributed by atoms with van der Waals surface area (Å²) in [5.74, 6) is 1.75. The van der Waals surface area contributed by atoms with Crippen LogP contribution in [0.4, 0.5) is 0 Å². The van der Waals surface area contributed by atoms with Crippen LogP contribution in [0.3, 0.4) is 0 Å². The second kappa shape index (κ2) is 2.88. The lowest BCUT2D eigenvalue weighted by atomic mass is 9.47. The summed E-state index contributed by atoms with van der Waals surface area (Å²) in [6.07, 6.45) is 10.3. The summed E-state index contributed by atoms with van der Waals surface area (Å²) in [4.78, 5) is 0. The van der Waals surface area contributed by atoms with Crippen LogP contribution in [0.25, 0.3) is 0 Å². The maximum absolute atomic E-state index is 6.60. The van der Waals surface area contributed by atoms with Gasteiger partial charge in [0.2, 0.25) is 0 Å².